The van der Waals surface area contributed by atoms with Gasteiger partial charge in [0, 0.05) is 52.4 Å². The van der Waals surface area contributed by atoms with Gasteiger partial charge in [-0.15, -0.1) is 0 Å². The van der Waals surface area contributed by atoms with Gasteiger partial charge in [0.15, 0.2) is 0 Å². The van der Waals surface area contributed by atoms with Crippen molar-refractivity contribution in [2.24, 2.45) is 5.92 Å². The number of halogens is 1. The average Bonchev–Trinajstić information content (AvgIpc) is 2.82. The molecule has 0 saturated carbocycles. The Morgan fingerprint density at radius 3 is 2.39 bits per heavy atom. The minimum absolute atomic E-state index is 0.0361. The number of likely N-dealkylation sites (tertiary alicyclic amines) is 1. The number of nitrogens with zero attached hydrogens (tertiary/aromatic N) is 3. The summed E-state index contributed by atoms with van der Waals surface area (Å²) in [5.74, 6) is -0.807. The Kier molecular flexibility index (Phi) is 9.19. The number of carbonyl (C=O) groups excluding carboxylic acids is 2. The molecule has 0 aromatic heterocycles. The summed E-state index contributed by atoms with van der Waals surface area (Å²) in [6.45, 7) is 3.62. The van der Waals surface area contributed by atoms with Crippen molar-refractivity contribution in [1.82, 2.24) is 19.4 Å². The molecule has 2 heterocycles. The van der Waals surface area contributed by atoms with Gasteiger partial charge in [-0.3, -0.25) is 14.5 Å². The van der Waals surface area contributed by atoms with Gasteiger partial charge in [0.1, 0.15) is 10.7 Å². The first-order valence-corrected chi connectivity index (χ1v) is 12.8. The van der Waals surface area contributed by atoms with Gasteiger partial charge in [-0.1, -0.05) is 12.1 Å². The van der Waals surface area contributed by atoms with Gasteiger partial charge in [-0.05, 0) is 44.5 Å². The smallest absolute Gasteiger partial charge is 0.246 e. The Morgan fingerprint density at radius 2 is 1.76 bits per heavy atom. The molecule has 0 unspecified atom stereocenters. The molecular formula is C22H33FN4O5S. The summed E-state index contributed by atoms with van der Waals surface area (Å²) < 4.78 is 45.6. The fourth-order valence-electron chi connectivity index (χ4n) is 4.19. The minimum atomic E-state index is -3.93. The quantitative estimate of drug-likeness (QED) is 0.513. The molecule has 1 aromatic carbocycles. The fourth-order valence-corrected chi connectivity index (χ4v) is 5.68. The first-order chi connectivity index (χ1) is 15.8. The standard InChI is InChI=1S/C22H33FN4O5S/c1-32-16-4-9-24-22(29)18-7-10-25(11-8-18)17-21(28)26-12-14-27(15-13-26)33(30,31)20-6-3-2-5-19(20)23/h2-3,5-6,18H,4,7-17H2,1H3,(H,24,29). The van der Waals surface area contributed by atoms with Crippen LogP contribution in [0.5, 0.6) is 0 Å². The Morgan fingerprint density at radius 1 is 1.09 bits per heavy atom. The summed E-state index contributed by atoms with van der Waals surface area (Å²) in [5.41, 5.74) is 0. The maximum atomic E-state index is 14.0. The SMILES string of the molecule is COCCCNC(=O)C1CCN(CC(=O)N2CCN(S(=O)(=O)c3ccccc3F)CC2)CC1. The minimum Gasteiger partial charge on any atom is -0.385 e. The zero-order chi connectivity index (χ0) is 23.8. The molecule has 11 heteroatoms. The molecule has 1 aromatic rings. The van der Waals surface area contributed by atoms with Gasteiger partial charge >= 0.3 is 0 Å². The number of benzene rings is 1. The van der Waals surface area contributed by atoms with Crippen molar-refractivity contribution >= 4 is 21.8 Å². The summed E-state index contributed by atoms with van der Waals surface area (Å²) in [6, 6.07) is 5.32. The first-order valence-electron chi connectivity index (χ1n) is 11.3. The van der Waals surface area contributed by atoms with E-state index in [2.05, 4.69) is 5.32 Å². The van der Waals surface area contributed by atoms with E-state index in [9.17, 15) is 22.4 Å². The number of amides is 2. The number of piperidine rings is 1. The van der Waals surface area contributed by atoms with Crippen LogP contribution in [0.2, 0.25) is 0 Å². The van der Waals surface area contributed by atoms with E-state index in [1.165, 1.54) is 22.5 Å². The van der Waals surface area contributed by atoms with Gasteiger partial charge in [0.25, 0.3) is 0 Å². The summed E-state index contributed by atoms with van der Waals surface area (Å²) in [7, 11) is -2.30. The second-order valence-electron chi connectivity index (χ2n) is 8.40. The van der Waals surface area contributed by atoms with Crippen molar-refractivity contribution in [3.05, 3.63) is 30.1 Å². The van der Waals surface area contributed by atoms with E-state index in [-0.39, 0.29) is 55.4 Å². The van der Waals surface area contributed by atoms with Crippen LogP contribution in [0.3, 0.4) is 0 Å². The van der Waals surface area contributed by atoms with Gasteiger partial charge < -0.3 is 15.0 Å². The normalized spacial score (nSPS) is 18.9. The van der Waals surface area contributed by atoms with Crippen LogP contribution in [-0.4, -0.2) is 100 Å². The van der Waals surface area contributed by atoms with Crippen molar-refractivity contribution in [1.29, 1.82) is 0 Å². The lowest BCUT2D eigenvalue weighted by atomic mass is 9.96. The lowest BCUT2D eigenvalue weighted by Gasteiger charge is -2.36. The van der Waals surface area contributed by atoms with E-state index in [1.807, 2.05) is 4.90 Å². The number of nitrogens with one attached hydrogen (secondary N) is 1. The molecule has 33 heavy (non-hydrogen) atoms. The van der Waals surface area contributed by atoms with Crippen molar-refractivity contribution < 1.29 is 27.1 Å². The van der Waals surface area contributed by atoms with Crippen LogP contribution in [-0.2, 0) is 24.3 Å². The molecule has 0 bridgehead atoms. The predicted octanol–water partition coefficient (Wildman–Crippen LogP) is 0.523. The lowest BCUT2D eigenvalue weighted by Crippen LogP contribution is -2.53. The molecule has 0 aliphatic carbocycles. The highest BCUT2D eigenvalue weighted by atomic mass is 32.2. The molecule has 0 radical (unpaired) electrons. The Bertz CT molecular complexity index is 913. The topological polar surface area (TPSA) is 99.3 Å². The van der Waals surface area contributed by atoms with Crippen LogP contribution >= 0.6 is 0 Å². The van der Waals surface area contributed by atoms with Crippen molar-refractivity contribution in [2.45, 2.75) is 24.2 Å². The molecule has 1 N–H and O–H groups in total. The first kappa shape index (κ1) is 25.5. The second kappa shape index (κ2) is 11.9. The van der Waals surface area contributed by atoms with E-state index in [0.717, 1.165) is 12.5 Å². The number of methoxy groups -OCH3 is 1. The highest BCUT2D eigenvalue weighted by Gasteiger charge is 2.33. The molecule has 0 spiro atoms. The van der Waals surface area contributed by atoms with E-state index in [1.54, 1.807) is 12.0 Å². The monoisotopic (exact) mass is 484 g/mol. The lowest BCUT2D eigenvalue weighted by molar-refractivity contribution is -0.134. The maximum absolute atomic E-state index is 14.0. The molecule has 2 saturated heterocycles. The number of ether oxygens (including phenoxy) is 1. The number of piperazine rings is 1. The van der Waals surface area contributed by atoms with Gasteiger partial charge in [0.2, 0.25) is 21.8 Å². The zero-order valence-corrected chi connectivity index (χ0v) is 19.9. The molecule has 2 aliphatic heterocycles. The van der Waals surface area contributed by atoms with Crippen molar-refractivity contribution in [2.75, 3.05) is 66.1 Å². The van der Waals surface area contributed by atoms with E-state index < -0.39 is 15.8 Å². The van der Waals surface area contributed by atoms with Crippen molar-refractivity contribution in [3.63, 3.8) is 0 Å². The zero-order valence-electron chi connectivity index (χ0n) is 19.0. The number of sulfonamides is 1. The number of carbonyl (C=O) groups is 2. The Balaban J connectivity index is 1.41. The molecule has 184 valence electrons. The maximum Gasteiger partial charge on any atom is 0.246 e. The molecule has 2 aliphatic rings. The summed E-state index contributed by atoms with van der Waals surface area (Å²) >= 11 is 0. The number of hydrogen-bond donors (Lipinski definition) is 1. The van der Waals surface area contributed by atoms with Crippen LogP contribution in [0.1, 0.15) is 19.3 Å². The van der Waals surface area contributed by atoms with Crippen LogP contribution in [0.25, 0.3) is 0 Å². The molecule has 0 atom stereocenters. The van der Waals surface area contributed by atoms with E-state index >= 15 is 0 Å². The number of hydrogen-bond acceptors (Lipinski definition) is 6. The average molecular weight is 485 g/mol. The van der Waals surface area contributed by atoms with Crippen LogP contribution < -0.4 is 5.32 Å². The van der Waals surface area contributed by atoms with Crippen LogP contribution in [0, 0.1) is 11.7 Å². The molecule has 2 amide bonds. The van der Waals surface area contributed by atoms with Gasteiger partial charge in [-0.25, -0.2) is 12.8 Å². The van der Waals surface area contributed by atoms with E-state index in [4.69, 9.17) is 4.74 Å². The Hall–Kier alpha value is -2.08. The summed E-state index contributed by atoms with van der Waals surface area (Å²) in [6.07, 6.45) is 2.19. The largest absolute Gasteiger partial charge is 0.385 e. The summed E-state index contributed by atoms with van der Waals surface area (Å²) in [5, 5.41) is 2.94. The molecule has 3 rings (SSSR count). The van der Waals surface area contributed by atoms with E-state index in [0.29, 0.717) is 39.1 Å². The summed E-state index contributed by atoms with van der Waals surface area (Å²) in [4.78, 5) is 28.3. The number of rotatable bonds is 9. The molecular weight excluding hydrogens is 451 g/mol. The Labute approximate surface area is 194 Å². The van der Waals surface area contributed by atoms with Gasteiger partial charge in [-0.2, -0.15) is 4.31 Å². The second-order valence-corrected chi connectivity index (χ2v) is 10.3. The highest BCUT2D eigenvalue weighted by Crippen LogP contribution is 2.21. The van der Waals surface area contributed by atoms with Crippen LogP contribution in [0.15, 0.2) is 29.2 Å². The molecule has 2 fully saturated rings. The van der Waals surface area contributed by atoms with Crippen LogP contribution in [0.4, 0.5) is 4.39 Å². The third-order valence-electron chi connectivity index (χ3n) is 6.19. The van der Waals surface area contributed by atoms with Crippen molar-refractivity contribution in [3.8, 4) is 0 Å². The third kappa shape index (κ3) is 6.72. The third-order valence-corrected chi connectivity index (χ3v) is 8.12. The predicted molar refractivity (Wildman–Crippen MR) is 120 cm³/mol. The fraction of sp³-hybridized carbons (Fsp3) is 0.636. The molecule has 9 nitrogen and oxygen atoms in total. The highest BCUT2D eigenvalue weighted by molar-refractivity contribution is 7.89. The van der Waals surface area contributed by atoms with Gasteiger partial charge in [0.05, 0.1) is 6.54 Å².